The maximum Gasteiger partial charge on any atom is 0.322 e. The normalized spacial score (nSPS) is 10.4. The van der Waals surface area contributed by atoms with Crippen molar-refractivity contribution in [2.75, 3.05) is 12.4 Å². The van der Waals surface area contributed by atoms with Crippen molar-refractivity contribution in [2.24, 2.45) is 0 Å². The van der Waals surface area contributed by atoms with E-state index in [0.717, 1.165) is 5.56 Å². The highest BCUT2D eigenvalue weighted by atomic mass is 19.1. The SMILES string of the molecule is Cc1ccc(NC(=O)N(C)Cc2nc(C)no2)c(F)c1. The zero-order chi connectivity index (χ0) is 14.7. The van der Waals surface area contributed by atoms with E-state index in [9.17, 15) is 9.18 Å². The van der Waals surface area contributed by atoms with Crippen molar-refractivity contribution < 1.29 is 13.7 Å². The standard InChI is InChI=1S/C13H15FN4O2/c1-8-4-5-11(10(14)6-8)16-13(19)18(3)7-12-15-9(2)17-20-12/h4-6H,7H2,1-3H3,(H,16,19). The van der Waals surface area contributed by atoms with E-state index in [2.05, 4.69) is 15.5 Å². The summed E-state index contributed by atoms with van der Waals surface area (Å²) in [6, 6.07) is 4.15. The Kier molecular flexibility index (Phi) is 3.97. The number of benzene rings is 1. The Balaban J connectivity index is 2.00. The highest BCUT2D eigenvalue weighted by Gasteiger charge is 2.14. The smallest absolute Gasteiger partial charge is 0.322 e. The van der Waals surface area contributed by atoms with Gasteiger partial charge in [0.2, 0.25) is 5.89 Å². The first-order chi connectivity index (χ1) is 9.45. The first-order valence-corrected chi connectivity index (χ1v) is 6.03. The molecule has 1 aromatic heterocycles. The molecule has 0 radical (unpaired) electrons. The van der Waals surface area contributed by atoms with E-state index in [1.165, 1.54) is 17.0 Å². The van der Waals surface area contributed by atoms with Gasteiger partial charge in [-0.05, 0) is 31.5 Å². The molecule has 0 spiro atoms. The Morgan fingerprint density at radius 1 is 1.45 bits per heavy atom. The van der Waals surface area contributed by atoms with Gasteiger partial charge < -0.3 is 14.7 Å². The third kappa shape index (κ3) is 3.31. The third-order valence-electron chi connectivity index (χ3n) is 2.65. The van der Waals surface area contributed by atoms with E-state index in [4.69, 9.17) is 4.52 Å². The lowest BCUT2D eigenvalue weighted by Crippen LogP contribution is -2.31. The maximum atomic E-state index is 13.6. The van der Waals surface area contributed by atoms with Crippen LogP contribution in [-0.2, 0) is 6.54 Å². The lowest BCUT2D eigenvalue weighted by molar-refractivity contribution is 0.213. The highest BCUT2D eigenvalue weighted by Crippen LogP contribution is 2.16. The van der Waals surface area contributed by atoms with Crippen molar-refractivity contribution >= 4 is 11.7 Å². The second kappa shape index (κ2) is 5.68. The molecule has 2 rings (SSSR count). The molecule has 1 N–H and O–H groups in total. The molecule has 2 aromatic rings. The van der Waals surface area contributed by atoms with Gasteiger partial charge in [-0.25, -0.2) is 9.18 Å². The molecule has 1 heterocycles. The van der Waals surface area contributed by atoms with Crippen LogP contribution in [0.1, 0.15) is 17.3 Å². The average molecular weight is 278 g/mol. The Morgan fingerprint density at radius 2 is 2.20 bits per heavy atom. The maximum absolute atomic E-state index is 13.6. The Bertz CT molecular complexity index is 627. The molecule has 0 bridgehead atoms. The number of carbonyl (C=O) groups excluding carboxylic acids is 1. The molecule has 0 aliphatic rings. The zero-order valence-electron chi connectivity index (χ0n) is 11.5. The molecular weight excluding hydrogens is 263 g/mol. The van der Waals surface area contributed by atoms with E-state index in [1.54, 1.807) is 27.0 Å². The van der Waals surface area contributed by atoms with Gasteiger partial charge in [0.1, 0.15) is 12.4 Å². The second-order valence-electron chi connectivity index (χ2n) is 4.50. The third-order valence-corrected chi connectivity index (χ3v) is 2.65. The van der Waals surface area contributed by atoms with Crippen LogP contribution >= 0.6 is 0 Å². The quantitative estimate of drug-likeness (QED) is 0.936. The van der Waals surface area contributed by atoms with Crippen molar-refractivity contribution in [3.05, 3.63) is 41.3 Å². The van der Waals surface area contributed by atoms with Crippen molar-refractivity contribution in [1.29, 1.82) is 0 Å². The summed E-state index contributed by atoms with van der Waals surface area (Å²) >= 11 is 0. The van der Waals surface area contributed by atoms with Gasteiger partial charge in [-0.2, -0.15) is 4.98 Å². The Hall–Kier alpha value is -2.44. The van der Waals surface area contributed by atoms with Crippen LogP contribution < -0.4 is 5.32 Å². The van der Waals surface area contributed by atoms with Crippen molar-refractivity contribution in [1.82, 2.24) is 15.0 Å². The van der Waals surface area contributed by atoms with Crippen LogP contribution in [0.3, 0.4) is 0 Å². The van der Waals surface area contributed by atoms with Crippen LogP contribution in [0.4, 0.5) is 14.9 Å². The van der Waals surface area contributed by atoms with E-state index in [1.807, 2.05) is 0 Å². The van der Waals surface area contributed by atoms with Crippen molar-refractivity contribution in [2.45, 2.75) is 20.4 Å². The number of nitrogens with zero attached hydrogens (tertiary/aromatic N) is 3. The summed E-state index contributed by atoms with van der Waals surface area (Å²) in [5, 5.41) is 6.12. The number of amides is 2. The monoisotopic (exact) mass is 278 g/mol. The molecule has 7 heteroatoms. The predicted octanol–water partition coefficient (Wildman–Crippen LogP) is 2.49. The number of aromatic nitrogens is 2. The number of rotatable bonds is 3. The second-order valence-corrected chi connectivity index (χ2v) is 4.50. The summed E-state index contributed by atoms with van der Waals surface area (Å²) in [5.41, 5.74) is 0.921. The number of urea groups is 1. The van der Waals surface area contributed by atoms with Crippen LogP contribution in [0.5, 0.6) is 0 Å². The van der Waals surface area contributed by atoms with Gasteiger partial charge in [0.15, 0.2) is 5.82 Å². The highest BCUT2D eigenvalue weighted by molar-refractivity contribution is 5.89. The fourth-order valence-electron chi connectivity index (χ4n) is 1.61. The molecule has 0 aliphatic carbocycles. The lowest BCUT2D eigenvalue weighted by atomic mass is 10.2. The van der Waals surface area contributed by atoms with Gasteiger partial charge in [-0.1, -0.05) is 11.2 Å². The molecule has 0 fully saturated rings. The minimum atomic E-state index is -0.472. The summed E-state index contributed by atoms with van der Waals surface area (Å²) in [6.07, 6.45) is 0. The van der Waals surface area contributed by atoms with Gasteiger partial charge in [0.25, 0.3) is 0 Å². The lowest BCUT2D eigenvalue weighted by Gasteiger charge is -2.16. The van der Waals surface area contributed by atoms with Gasteiger partial charge in [-0.3, -0.25) is 0 Å². The van der Waals surface area contributed by atoms with E-state index >= 15 is 0 Å². The van der Waals surface area contributed by atoms with Gasteiger partial charge in [-0.15, -0.1) is 0 Å². The summed E-state index contributed by atoms with van der Waals surface area (Å²) in [7, 11) is 1.56. The van der Waals surface area contributed by atoms with Gasteiger partial charge >= 0.3 is 6.03 Å². The fourth-order valence-corrected chi connectivity index (χ4v) is 1.61. The molecule has 0 atom stereocenters. The average Bonchev–Trinajstić information content (AvgIpc) is 2.78. The topological polar surface area (TPSA) is 71.3 Å². The van der Waals surface area contributed by atoms with Crippen LogP contribution in [0.15, 0.2) is 22.7 Å². The molecule has 0 saturated heterocycles. The number of halogens is 1. The van der Waals surface area contributed by atoms with Gasteiger partial charge in [0.05, 0.1) is 5.69 Å². The molecule has 6 nitrogen and oxygen atoms in total. The summed E-state index contributed by atoms with van der Waals surface area (Å²) in [5.74, 6) is 0.350. The van der Waals surface area contributed by atoms with Crippen LogP contribution in [-0.4, -0.2) is 28.1 Å². The number of carbonyl (C=O) groups is 1. The molecule has 0 aliphatic heterocycles. The van der Waals surface area contributed by atoms with Crippen molar-refractivity contribution in [3.8, 4) is 0 Å². The molecular formula is C13H15FN4O2. The first kappa shape index (κ1) is 14.0. The van der Waals surface area contributed by atoms with Gasteiger partial charge in [0, 0.05) is 7.05 Å². The summed E-state index contributed by atoms with van der Waals surface area (Å²) in [4.78, 5) is 17.2. The number of anilines is 1. The first-order valence-electron chi connectivity index (χ1n) is 6.03. The van der Waals surface area contributed by atoms with Crippen LogP contribution in [0, 0.1) is 19.7 Å². The molecule has 0 unspecified atom stereocenters. The van der Waals surface area contributed by atoms with E-state index < -0.39 is 11.8 Å². The largest absolute Gasteiger partial charge is 0.337 e. The Morgan fingerprint density at radius 3 is 2.80 bits per heavy atom. The fraction of sp³-hybridized carbons (Fsp3) is 0.308. The summed E-state index contributed by atoms with van der Waals surface area (Å²) in [6.45, 7) is 3.62. The zero-order valence-corrected chi connectivity index (χ0v) is 11.5. The molecule has 106 valence electrons. The van der Waals surface area contributed by atoms with E-state index in [0.29, 0.717) is 11.7 Å². The Labute approximate surface area is 115 Å². The minimum absolute atomic E-state index is 0.133. The minimum Gasteiger partial charge on any atom is -0.337 e. The number of aryl methyl sites for hydroxylation is 2. The molecule has 0 saturated carbocycles. The van der Waals surface area contributed by atoms with Crippen LogP contribution in [0.25, 0.3) is 0 Å². The number of hydrogen-bond donors (Lipinski definition) is 1. The number of nitrogens with one attached hydrogen (secondary N) is 1. The molecule has 2 amide bonds. The van der Waals surface area contributed by atoms with E-state index in [-0.39, 0.29) is 12.2 Å². The molecule has 20 heavy (non-hydrogen) atoms. The molecule has 1 aromatic carbocycles. The number of hydrogen-bond acceptors (Lipinski definition) is 4. The van der Waals surface area contributed by atoms with Crippen LogP contribution in [0.2, 0.25) is 0 Å². The summed E-state index contributed by atoms with van der Waals surface area (Å²) < 4.78 is 18.5. The van der Waals surface area contributed by atoms with Crippen molar-refractivity contribution in [3.63, 3.8) is 0 Å². The predicted molar refractivity (Wildman–Crippen MR) is 70.7 cm³/mol.